The Morgan fingerprint density at radius 3 is 2.50 bits per heavy atom. The number of nitrogens with zero attached hydrogens (tertiary/aromatic N) is 2. The van der Waals surface area contributed by atoms with Crippen LogP contribution in [0.1, 0.15) is 16.1 Å². The minimum Gasteiger partial charge on any atom is -0.495 e. The molecule has 0 spiro atoms. The van der Waals surface area contributed by atoms with Gasteiger partial charge < -0.3 is 20.1 Å². The molecule has 0 atom stereocenters. The number of amides is 1. The molecule has 2 N–H and O–H groups in total. The Hall–Kier alpha value is -3.32. The number of aromatic nitrogens is 2. The summed E-state index contributed by atoms with van der Waals surface area (Å²) in [6.45, 7) is 1.92. The van der Waals surface area contributed by atoms with Gasteiger partial charge >= 0.3 is 0 Å². The summed E-state index contributed by atoms with van der Waals surface area (Å²) < 4.78 is 10.6. The van der Waals surface area contributed by atoms with Crippen LogP contribution < -0.4 is 20.1 Å². The van der Waals surface area contributed by atoms with E-state index < -0.39 is 0 Å². The first-order valence-corrected chi connectivity index (χ1v) is 8.78. The van der Waals surface area contributed by atoms with Crippen molar-refractivity contribution < 1.29 is 14.3 Å². The molecule has 2 aromatic carbocycles. The lowest BCUT2D eigenvalue weighted by Crippen LogP contribution is -2.15. The van der Waals surface area contributed by atoms with E-state index in [9.17, 15) is 4.79 Å². The van der Waals surface area contributed by atoms with E-state index in [0.29, 0.717) is 22.2 Å². The number of hydrogen-bond acceptors (Lipinski definition) is 6. The second kappa shape index (κ2) is 8.58. The van der Waals surface area contributed by atoms with Gasteiger partial charge in [0, 0.05) is 24.0 Å². The first kappa shape index (κ1) is 19.4. The molecule has 0 fully saturated rings. The highest BCUT2D eigenvalue weighted by Crippen LogP contribution is 2.36. The lowest BCUT2D eigenvalue weighted by molar-refractivity contribution is 0.102. The van der Waals surface area contributed by atoms with Gasteiger partial charge in [0.2, 0.25) is 5.95 Å². The lowest BCUT2D eigenvalue weighted by atomic mass is 10.2. The molecule has 0 aliphatic rings. The van der Waals surface area contributed by atoms with Gasteiger partial charge in [0.05, 0.1) is 24.9 Å². The summed E-state index contributed by atoms with van der Waals surface area (Å²) >= 11 is 6.12. The number of anilines is 3. The van der Waals surface area contributed by atoms with Crippen LogP contribution in [0.4, 0.5) is 17.3 Å². The molecular weight excluding hydrogens is 380 g/mol. The number of ether oxygens (including phenoxy) is 2. The summed E-state index contributed by atoms with van der Waals surface area (Å²) in [5.41, 5.74) is 2.46. The molecule has 3 rings (SSSR count). The van der Waals surface area contributed by atoms with Gasteiger partial charge in [-0.15, -0.1) is 0 Å². The SMILES string of the molecule is COc1cc(Nc2nccc(C(=O)Nc3ccccc3C)n2)c(OC)cc1Cl. The number of para-hydroxylation sites is 1. The largest absolute Gasteiger partial charge is 0.495 e. The second-order valence-electron chi connectivity index (χ2n) is 5.85. The molecule has 1 amide bonds. The van der Waals surface area contributed by atoms with E-state index in [1.807, 2.05) is 31.2 Å². The van der Waals surface area contributed by atoms with E-state index in [-0.39, 0.29) is 17.5 Å². The van der Waals surface area contributed by atoms with Crippen molar-refractivity contribution in [2.24, 2.45) is 0 Å². The summed E-state index contributed by atoms with van der Waals surface area (Å²) in [6, 6.07) is 12.4. The Morgan fingerprint density at radius 2 is 1.79 bits per heavy atom. The van der Waals surface area contributed by atoms with Crippen molar-refractivity contribution in [3.63, 3.8) is 0 Å². The monoisotopic (exact) mass is 398 g/mol. The van der Waals surface area contributed by atoms with Gasteiger partial charge in [0.1, 0.15) is 17.2 Å². The number of aryl methyl sites for hydroxylation is 1. The molecule has 0 unspecified atom stereocenters. The van der Waals surface area contributed by atoms with Crippen molar-refractivity contribution >= 4 is 34.8 Å². The van der Waals surface area contributed by atoms with Crippen LogP contribution in [0.5, 0.6) is 11.5 Å². The van der Waals surface area contributed by atoms with E-state index in [1.54, 1.807) is 18.2 Å². The topological polar surface area (TPSA) is 85.4 Å². The van der Waals surface area contributed by atoms with Crippen LogP contribution in [0, 0.1) is 6.92 Å². The molecular formula is C20H19ClN4O3. The maximum atomic E-state index is 12.5. The highest BCUT2D eigenvalue weighted by molar-refractivity contribution is 6.32. The Kier molecular flexibility index (Phi) is 5.96. The summed E-state index contributed by atoms with van der Waals surface area (Å²) in [4.78, 5) is 21.0. The highest BCUT2D eigenvalue weighted by atomic mass is 35.5. The number of rotatable bonds is 6. The highest BCUT2D eigenvalue weighted by Gasteiger charge is 2.14. The zero-order chi connectivity index (χ0) is 20.1. The Labute approximate surface area is 167 Å². The van der Waals surface area contributed by atoms with Crippen LogP contribution in [0.25, 0.3) is 0 Å². The summed E-state index contributed by atoms with van der Waals surface area (Å²) in [5.74, 6) is 0.864. The minimum absolute atomic E-state index is 0.223. The molecule has 0 saturated heterocycles. The molecule has 28 heavy (non-hydrogen) atoms. The van der Waals surface area contributed by atoms with Crippen LogP contribution in [0.15, 0.2) is 48.7 Å². The average Bonchev–Trinajstić information content (AvgIpc) is 2.70. The van der Waals surface area contributed by atoms with E-state index in [1.165, 1.54) is 20.4 Å². The van der Waals surface area contributed by atoms with Gasteiger partial charge in [-0.25, -0.2) is 9.97 Å². The molecule has 0 aliphatic heterocycles. The molecule has 0 radical (unpaired) electrons. The van der Waals surface area contributed by atoms with Crippen molar-refractivity contribution in [2.45, 2.75) is 6.92 Å². The Balaban J connectivity index is 1.84. The Morgan fingerprint density at radius 1 is 1.04 bits per heavy atom. The van der Waals surface area contributed by atoms with Crippen LogP contribution in [-0.4, -0.2) is 30.1 Å². The van der Waals surface area contributed by atoms with Gasteiger partial charge in [0.15, 0.2) is 0 Å². The first-order chi connectivity index (χ1) is 13.5. The molecule has 8 heteroatoms. The van der Waals surface area contributed by atoms with Crippen molar-refractivity contribution in [1.82, 2.24) is 9.97 Å². The van der Waals surface area contributed by atoms with Crippen LogP contribution in [0.2, 0.25) is 5.02 Å². The molecule has 144 valence electrons. The quantitative estimate of drug-likeness (QED) is 0.638. The number of methoxy groups -OCH3 is 2. The second-order valence-corrected chi connectivity index (χ2v) is 6.25. The third-order valence-corrected chi connectivity index (χ3v) is 4.30. The standard InChI is InChI=1S/C20H19ClN4O3/c1-12-6-4-5-7-14(12)23-19(26)15-8-9-22-20(24-15)25-16-11-17(27-2)13(21)10-18(16)28-3/h4-11H,1-3H3,(H,23,26)(H,22,24,25). The zero-order valence-corrected chi connectivity index (χ0v) is 16.4. The number of hydrogen-bond donors (Lipinski definition) is 2. The predicted molar refractivity (Wildman–Crippen MR) is 109 cm³/mol. The van der Waals surface area contributed by atoms with E-state index in [0.717, 1.165) is 11.3 Å². The fourth-order valence-corrected chi connectivity index (χ4v) is 2.75. The van der Waals surface area contributed by atoms with E-state index in [2.05, 4.69) is 20.6 Å². The number of carbonyl (C=O) groups excluding carboxylic acids is 1. The molecule has 0 saturated carbocycles. The fraction of sp³-hybridized carbons (Fsp3) is 0.150. The van der Waals surface area contributed by atoms with Crippen LogP contribution >= 0.6 is 11.6 Å². The van der Waals surface area contributed by atoms with Crippen molar-refractivity contribution in [3.05, 3.63) is 64.9 Å². The van der Waals surface area contributed by atoms with Crippen molar-refractivity contribution in [2.75, 3.05) is 24.9 Å². The Bertz CT molecular complexity index is 1010. The van der Waals surface area contributed by atoms with E-state index in [4.69, 9.17) is 21.1 Å². The van der Waals surface area contributed by atoms with Gasteiger partial charge in [-0.2, -0.15) is 0 Å². The number of benzene rings is 2. The van der Waals surface area contributed by atoms with Gasteiger partial charge in [-0.05, 0) is 24.6 Å². The fourth-order valence-electron chi connectivity index (χ4n) is 2.52. The van der Waals surface area contributed by atoms with Crippen molar-refractivity contribution in [3.8, 4) is 11.5 Å². The maximum absolute atomic E-state index is 12.5. The third-order valence-electron chi connectivity index (χ3n) is 4.00. The van der Waals surface area contributed by atoms with Crippen LogP contribution in [-0.2, 0) is 0 Å². The predicted octanol–water partition coefficient (Wildman–Crippen LogP) is 4.45. The van der Waals surface area contributed by atoms with Gasteiger partial charge in [-0.3, -0.25) is 4.79 Å². The summed E-state index contributed by atoms with van der Waals surface area (Å²) in [7, 11) is 3.04. The van der Waals surface area contributed by atoms with Crippen LogP contribution in [0.3, 0.4) is 0 Å². The minimum atomic E-state index is -0.333. The molecule has 1 heterocycles. The first-order valence-electron chi connectivity index (χ1n) is 8.40. The number of carbonyl (C=O) groups is 1. The van der Waals surface area contributed by atoms with Gasteiger partial charge in [-0.1, -0.05) is 29.8 Å². The normalized spacial score (nSPS) is 10.3. The molecule has 7 nitrogen and oxygen atoms in total. The summed E-state index contributed by atoms with van der Waals surface area (Å²) in [6.07, 6.45) is 1.50. The number of halogens is 1. The third kappa shape index (κ3) is 4.32. The molecule has 0 bridgehead atoms. The van der Waals surface area contributed by atoms with Crippen molar-refractivity contribution in [1.29, 1.82) is 0 Å². The lowest BCUT2D eigenvalue weighted by Gasteiger charge is -2.13. The average molecular weight is 399 g/mol. The molecule has 0 aliphatic carbocycles. The van der Waals surface area contributed by atoms with E-state index >= 15 is 0 Å². The molecule has 1 aromatic heterocycles. The smallest absolute Gasteiger partial charge is 0.274 e. The molecule has 3 aromatic rings. The zero-order valence-electron chi connectivity index (χ0n) is 15.6. The maximum Gasteiger partial charge on any atom is 0.274 e. The van der Waals surface area contributed by atoms with Gasteiger partial charge in [0.25, 0.3) is 5.91 Å². The number of nitrogens with one attached hydrogen (secondary N) is 2. The summed E-state index contributed by atoms with van der Waals surface area (Å²) in [5, 5.41) is 6.29.